The highest BCUT2D eigenvalue weighted by Crippen LogP contribution is 2.40. The van der Waals surface area contributed by atoms with Gasteiger partial charge < -0.3 is 15.2 Å². The first-order valence-electron chi connectivity index (χ1n) is 9.30. The molecule has 2 atom stereocenters. The normalized spacial score (nSPS) is 22.4. The summed E-state index contributed by atoms with van der Waals surface area (Å²) in [6, 6.07) is 7.37. The lowest BCUT2D eigenvalue weighted by atomic mass is 10.0. The molecule has 27 heavy (non-hydrogen) atoms. The highest BCUT2D eigenvalue weighted by molar-refractivity contribution is 5.95. The molecule has 0 radical (unpaired) electrons. The molecule has 2 N–H and O–H groups in total. The SMILES string of the molecule is Cc1c(C(=O)NC2CC(C(=O)O)c3ccccc32)cnn1C1CCOCC1. The van der Waals surface area contributed by atoms with Crippen molar-refractivity contribution in [2.45, 2.75) is 44.2 Å². The Bertz CT molecular complexity index is 870. The van der Waals surface area contributed by atoms with Crippen LogP contribution in [0.3, 0.4) is 0 Å². The van der Waals surface area contributed by atoms with E-state index in [1.807, 2.05) is 35.9 Å². The average molecular weight is 369 g/mol. The minimum Gasteiger partial charge on any atom is -0.481 e. The third-order valence-corrected chi connectivity index (χ3v) is 5.65. The van der Waals surface area contributed by atoms with Crippen molar-refractivity contribution in [3.63, 3.8) is 0 Å². The van der Waals surface area contributed by atoms with Crippen LogP contribution in [0.15, 0.2) is 30.5 Å². The van der Waals surface area contributed by atoms with Crippen LogP contribution < -0.4 is 5.32 Å². The molecule has 1 amide bonds. The van der Waals surface area contributed by atoms with Gasteiger partial charge in [-0.2, -0.15) is 5.10 Å². The standard InChI is InChI=1S/C20H23N3O4/c1-12-17(11-21-23(12)13-6-8-27-9-7-13)19(24)22-18-10-16(20(25)26)14-4-2-3-5-15(14)18/h2-5,11,13,16,18H,6-10H2,1H3,(H,22,24)(H,25,26). The monoisotopic (exact) mass is 369 g/mol. The topological polar surface area (TPSA) is 93.5 Å². The Hall–Kier alpha value is -2.67. The minimum absolute atomic E-state index is 0.211. The van der Waals surface area contributed by atoms with E-state index in [0.29, 0.717) is 25.2 Å². The maximum absolute atomic E-state index is 12.9. The fraction of sp³-hybridized carbons (Fsp3) is 0.450. The molecular formula is C20H23N3O4. The van der Waals surface area contributed by atoms with Crippen LogP contribution in [0.2, 0.25) is 0 Å². The summed E-state index contributed by atoms with van der Waals surface area (Å²) >= 11 is 0. The molecule has 1 aliphatic carbocycles. The summed E-state index contributed by atoms with van der Waals surface area (Å²) in [5.74, 6) is -1.66. The number of hydrogen-bond donors (Lipinski definition) is 2. The first-order chi connectivity index (χ1) is 13.1. The number of carboxylic acids is 1. The van der Waals surface area contributed by atoms with Gasteiger partial charge >= 0.3 is 5.97 Å². The van der Waals surface area contributed by atoms with Gasteiger partial charge in [0.1, 0.15) is 0 Å². The lowest BCUT2D eigenvalue weighted by Gasteiger charge is -2.23. The van der Waals surface area contributed by atoms with Crippen molar-refractivity contribution in [3.8, 4) is 0 Å². The molecule has 142 valence electrons. The van der Waals surface area contributed by atoms with E-state index >= 15 is 0 Å². The largest absolute Gasteiger partial charge is 0.481 e. The maximum Gasteiger partial charge on any atom is 0.311 e. The van der Waals surface area contributed by atoms with Gasteiger partial charge in [-0.1, -0.05) is 24.3 Å². The molecule has 0 saturated carbocycles. The number of aliphatic carboxylic acids is 1. The van der Waals surface area contributed by atoms with E-state index in [0.717, 1.165) is 29.7 Å². The molecule has 7 nitrogen and oxygen atoms in total. The van der Waals surface area contributed by atoms with Crippen LogP contribution in [0.25, 0.3) is 0 Å². The van der Waals surface area contributed by atoms with E-state index < -0.39 is 11.9 Å². The number of aromatic nitrogens is 2. The summed E-state index contributed by atoms with van der Waals surface area (Å²) in [4.78, 5) is 24.4. The number of rotatable bonds is 4. The lowest BCUT2D eigenvalue weighted by Crippen LogP contribution is -2.28. The molecule has 0 bridgehead atoms. The van der Waals surface area contributed by atoms with Gasteiger partial charge in [0, 0.05) is 18.9 Å². The van der Waals surface area contributed by atoms with Crippen molar-refractivity contribution >= 4 is 11.9 Å². The Balaban J connectivity index is 1.53. The van der Waals surface area contributed by atoms with Gasteiger partial charge in [-0.3, -0.25) is 14.3 Å². The Morgan fingerprint density at radius 2 is 1.93 bits per heavy atom. The van der Waals surface area contributed by atoms with Crippen molar-refractivity contribution in [1.29, 1.82) is 0 Å². The summed E-state index contributed by atoms with van der Waals surface area (Å²) in [5, 5.41) is 16.9. The second kappa shape index (κ2) is 7.15. The molecule has 1 fully saturated rings. The number of carbonyl (C=O) groups excluding carboxylic acids is 1. The van der Waals surface area contributed by atoms with E-state index in [9.17, 15) is 14.7 Å². The summed E-state index contributed by atoms with van der Waals surface area (Å²) in [6.45, 7) is 3.32. The van der Waals surface area contributed by atoms with Crippen LogP contribution in [0.5, 0.6) is 0 Å². The van der Waals surface area contributed by atoms with Gasteiger partial charge in [-0.05, 0) is 37.3 Å². The van der Waals surface area contributed by atoms with Crippen LogP contribution in [0.1, 0.15) is 64.4 Å². The third-order valence-electron chi connectivity index (χ3n) is 5.65. The van der Waals surface area contributed by atoms with Crippen LogP contribution >= 0.6 is 0 Å². The van der Waals surface area contributed by atoms with Gasteiger partial charge in [0.25, 0.3) is 5.91 Å². The predicted molar refractivity (Wildman–Crippen MR) is 97.7 cm³/mol. The van der Waals surface area contributed by atoms with E-state index in [4.69, 9.17) is 4.74 Å². The van der Waals surface area contributed by atoms with Gasteiger partial charge in [0.05, 0.1) is 29.8 Å². The Morgan fingerprint density at radius 3 is 2.63 bits per heavy atom. The van der Waals surface area contributed by atoms with Gasteiger partial charge in [0.2, 0.25) is 0 Å². The fourth-order valence-electron chi connectivity index (χ4n) is 4.19. The van der Waals surface area contributed by atoms with Crippen molar-refractivity contribution in [2.75, 3.05) is 13.2 Å². The molecule has 1 aromatic heterocycles. The molecule has 1 saturated heterocycles. The minimum atomic E-state index is -0.859. The predicted octanol–water partition coefficient (Wildman–Crippen LogP) is 2.59. The first kappa shape index (κ1) is 17.7. The summed E-state index contributed by atoms with van der Waals surface area (Å²) in [7, 11) is 0. The number of nitrogens with one attached hydrogen (secondary N) is 1. The summed E-state index contributed by atoms with van der Waals surface area (Å²) in [5.41, 5.74) is 3.04. The van der Waals surface area contributed by atoms with Crippen LogP contribution in [0.4, 0.5) is 0 Å². The number of ether oxygens (including phenoxy) is 1. The first-order valence-corrected chi connectivity index (χ1v) is 9.30. The molecular weight excluding hydrogens is 346 g/mol. The number of benzene rings is 1. The summed E-state index contributed by atoms with van der Waals surface area (Å²) in [6.07, 6.45) is 3.75. The van der Waals surface area contributed by atoms with Crippen molar-refractivity contribution in [2.24, 2.45) is 0 Å². The van der Waals surface area contributed by atoms with Gasteiger partial charge in [-0.25, -0.2) is 0 Å². The highest BCUT2D eigenvalue weighted by atomic mass is 16.5. The molecule has 2 unspecified atom stereocenters. The zero-order valence-electron chi connectivity index (χ0n) is 15.2. The van der Waals surface area contributed by atoms with Crippen LogP contribution in [-0.2, 0) is 9.53 Å². The highest BCUT2D eigenvalue weighted by Gasteiger charge is 2.36. The van der Waals surface area contributed by atoms with Crippen molar-refractivity contribution in [1.82, 2.24) is 15.1 Å². The van der Waals surface area contributed by atoms with Crippen LogP contribution in [-0.4, -0.2) is 40.0 Å². The second-order valence-electron chi connectivity index (χ2n) is 7.21. The van der Waals surface area contributed by atoms with Gasteiger partial charge in [0.15, 0.2) is 0 Å². The lowest BCUT2D eigenvalue weighted by molar-refractivity contribution is -0.138. The molecule has 4 rings (SSSR count). The third kappa shape index (κ3) is 3.23. The van der Waals surface area contributed by atoms with Crippen molar-refractivity contribution in [3.05, 3.63) is 52.8 Å². The van der Waals surface area contributed by atoms with E-state index in [-0.39, 0.29) is 18.0 Å². The molecule has 1 aliphatic heterocycles. The number of nitrogens with zero attached hydrogens (tertiary/aromatic N) is 2. The quantitative estimate of drug-likeness (QED) is 0.864. The zero-order valence-corrected chi connectivity index (χ0v) is 15.2. The molecule has 1 aromatic carbocycles. The number of hydrogen-bond acceptors (Lipinski definition) is 4. The molecule has 2 aromatic rings. The second-order valence-corrected chi connectivity index (χ2v) is 7.21. The number of carbonyl (C=O) groups is 2. The van der Waals surface area contributed by atoms with Gasteiger partial charge in [-0.15, -0.1) is 0 Å². The number of fused-ring (bicyclic) bond motifs is 1. The van der Waals surface area contributed by atoms with E-state index in [1.54, 1.807) is 6.20 Å². The Kier molecular flexibility index (Phi) is 4.70. The zero-order chi connectivity index (χ0) is 19.0. The molecule has 7 heteroatoms. The van der Waals surface area contributed by atoms with E-state index in [2.05, 4.69) is 10.4 Å². The van der Waals surface area contributed by atoms with Crippen LogP contribution in [0, 0.1) is 6.92 Å². The maximum atomic E-state index is 12.9. The number of carboxylic acid groups (broad SMARTS) is 1. The molecule has 0 spiro atoms. The number of amides is 1. The molecule has 2 heterocycles. The average Bonchev–Trinajstić information content (AvgIpc) is 3.24. The summed E-state index contributed by atoms with van der Waals surface area (Å²) < 4.78 is 7.32. The Morgan fingerprint density at radius 1 is 1.22 bits per heavy atom. The van der Waals surface area contributed by atoms with Crippen molar-refractivity contribution < 1.29 is 19.4 Å². The smallest absolute Gasteiger partial charge is 0.311 e. The molecule has 2 aliphatic rings. The van der Waals surface area contributed by atoms with E-state index in [1.165, 1.54) is 0 Å². The fourth-order valence-corrected chi connectivity index (χ4v) is 4.19. The Labute approximate surface area is 157 Å².